The van der Waals surface area contributed by atoms with Crippen LogP contribution in [0.15, 0.2) is 60.7 Å². The summed E-state index contributed by atoms with van der Waals surface area (Å²) < 4.78 is 12.9. The number of benzene rings is 2. The van der Waals surface area contributed by atoms with Gasteiger partial charge in [-0.25, -0.2) is 0 Å². The van der Waals surface area contributed by atoms with Crippen molar-refractivity contribution < 1.29 is 15.0 Å². The van der Waals surface area contributed by atoms with E-state index in [0.29, 0.717) is 0 Å². The molecule has 4 nitrogen and oxygen atoms in total. The zero-order valence-corrected chi connectivity index (χ0v) is 15.8. The normalized spacial score (nSPS) is 10.8. The average molecular weight is 480 g/mol. The van der Waals surface area contributed by atoms with Gasteiger partial charge in [-0.2, -0.15) is 0 Å². The van der Waals surface area contributed by atoms with Gasteiger partial charge in [0.2, 0.25) is 0 Å². The monoisotopic (exact) mass is 480 g/mol. The fraction of sp³-hybridized carbons (Fsp3) is 0.125. The molecule has 0 saturated heterocycles. The Morgan fingerprint density at radius 1 is 0.714 bits per heavy atom. The van der Waals surface area contributed by atoms with Gasteiger partial charge in [-0.05, 0) is 0 Å². The standard InChI is InChI=1S/2C6H5.2C2H4O2.Pb/c2*1-2-4-6-5-3-1;2*1-2(3)4;/h2*1-5H;2*1H3,(H,3,4);/q;;;;+2/p-2. The summed E-state index contributed by atoms with van der Waals surface area (Å²) in [4.78, 5) is 23.3. The van der Waals surface area contributed by atoms with Gasteiger partial charge in [0.05, 0.1) is 0 Å². The second-order valence-corrected chi connectivity index (χ2v) is 15.4. The Bertz CT molecular complexity index is 568. The number of hydrogen-bond donors (Lipinski definition) is 0. The van der Waals surface area contributed by atoms with Gasteiger partial charge in [0.15, 0.2) is 0 Å². The summed E-state index contributed by atoms with van der Waals surface area (Å²) in [5, 5.41) is 0. The first-order valence-corrected chi connectivity index (χ1v) is 13.6. The molecule has 0 atom stereocenters. The van der Waals surface area contributed by atoms with Crippen molar-refractivity contribution >= 4 is 40.3 Å². The summed E-state index contributed by atoms with van der Waals surface area (Å²) in [5.74, 6) is -0.878. The van der Waals surface area contributed by atoms with Gasteiger partial charge in [-0.15, -0.1) is 0 Å². The van der Waals surface area contributed by atoms with Gasteiger partial charge < -0.3 is 0 Å². The zero-order chi connectivity index (χ0) is 15.3. The Balaban J connectivity index is 2.64. The third kappa shape index (κ3) is 3.69. The summed E-state index contributed by atoms with van der Waals surface area (Å²) >= 11 is -4.46. The van der Waals surface area contributed by atoms with E-state index in [9.17, 15) is 9.59 Å². The molecule has 0 N–H and O–H groups in total. The molecule has 2 aromatic carbocycles. The molecule has 0 radical (unpaired) electrons. The molecule has 0 heterocycles. The molecular weight excluding hydrogens is 463 g/mol. The molecule has 0 unspecified atom stereocenters. The van der Waals surface area contributed by atoms with Crippen LogP contribution in [0.3, 0.4) is 0 Å². The van der Waals surface area contributed by atoms with E-state index in [2.05, 4.69) is 0 Å². The van der Waals surface area contributed by atoms with Gasteiger partial charge in [0, 0.05) is 0 Å². The molecule has 0 bridgehead atoms. The van der Waals surface area contributed by atoms with Crippen molar-refractivity contribution in [3.63, 3.8) is 0 Å². The maximum atomic E-state index is 11.6. The molecule has 0 fully saturated rings. The molecule has 0 saturated carbocycles. The molecular formula is C16H16O4Pb. The molecule has 0 aliphatic rings. The molecule has 0 amide bonds. The molecule has 0 aliphatic heterocycles. The van der Waals surface area contributed by atoms with Crippen molar-refractivity contribution in [2.45, 2.75) is 13.8 Å². The summed E-state index contributed by atoms with van der Waals surface area (Å²) in [6, 6.07) is 18.5. The maximum absolute atomic E-state index is 11.6. The number of carbonyl (C=O) groups is 2. The van der Waals surface area contributed by atoms with Crippen LogP contribution in [0, 0.1) is 0 Å². The quantitative estimate of drug-likeness (QED) is 0.622. The van der Waals surface area contributed by atoms with Crippen LogP contribution in [0.4, 0.5) is 0 Å². The Kier molecular flexibility index (Phi) is 5.11. The first-order valence-electron chi connectivity index (χ1n) is 6.55. The first-order chi connectivity index (χ1) is 10.0. The predicted octanol–water partition coefficient (Wildman–Crippen LogP) is 1.37. The molecule has 5 heteroatoms. The van der Waals surface area contributed by atoms with E-state index in [-0.39, 0.29) is 0 Å². The van der Waals surface area contributed by atoms with Crippen molar-refractivity contribution in [3.8, 4) is 0 Å². The minimum absolute atomic E-state index is 0.439. The van der Waals surface area contributed by atoms with E-state index in [1.54, 1.807) is 0 Å². The van der Waals surface area contributed by atoms with Crippen LogP contribution in [0.25, 0.3) is 0 Å². The van der Waals surface area contributed by atoms with E-state index >= 15 is 0 Å². The summed E-state index contributed by atoms with van der Waals surface area (Å²) in [6.45, 7) is 2.67. The van der Waals surface area contributed by atoms with Crippen LogP contribution in [0.2, 0.25) is 0 Å². The fourth-order valence-electron chi connectivity index (χ4n) is 2.14. The number of carbonyl (C=O) groups excluding carboxylic acids is 2. The predicted molar refractivity (Wildman–Crippen MR) is 81.4 cm³/mol. The van der Waals surface area contributed by atoms with Crippen LogP contribution < -0.4 is 6.25 Å². The molecule has 0 aromatic heterocycles. The fourth-order valence-corrected chi connectivity index (χ4v) is 13.5. The van der Waals surface area contributed by atoms with Crippen LogP contribution >= 0.6 is 0 Å². The van der Waals surface area contributed by atoms with Crippen molar-refractivity contribution in [2.75, 3.05) is 0 Å². The zero-order valence-electron chi connectivity index (χ0n) is 11.9. The van der Waals surface area contributed by atoms with E-state index in [1.807, 2.05) is 60.7 Å². The van der Waals surface area contributed by atoms with Gasteiger partial charge in [0.1, 0.15) is 0 Å². The van der Waals surface area contributed by atoms with Crippen molar-refractivity contribution in [1.29, 1.82) is 0 Å². The van der Waals surface area contributed by atoms with Gasteiger partial charge in [0.25, 0.3) is 0 Å². The van der Waals surface area contributed by atoms with Gasteiger partial charge >= 0.3 is 130 Å². The van der Waals surface area contributed by atoms with Crippen molar-refractivity contribution in [3.05, 3.63) is 60.7 Å². The van der Waals surface area contributed by atoms with Crippen LogP contribution in [-0.4, -0.2) is 34.0 Å². The molecule has 2 aromatic rings. The Morgan fingerprint density at radius 3 is 1.33 bits per heavy atom. The summed E-state index contributed by atoms with van der Waals surface area (Å²) in [6.07, 6.45) is 0. The molecule has 108 valence electrons. The SMILES string of the molecule is CC(=O)[O][Pb]([O]C(C)=O)([c]1ccccc1)[c]1ccccc1. The molecule has 2 rings (SSSR count). The third-order valence-corrected chi connectivity index (χ3v) is 15.9. The van der Waals surface area contributed by atoms with Gasteiger partial charge in [-0.1, -0.05) is 0 Å². The number of rotatable bonds is 4. The van der Waals surface area contributed by atoms with E-state index in [4.69, 9.17) is 5.37 Å². The molecule has 21 heavy (non-hydrogen) atoms. The third-order valence-electron chi connectivity index (χ3n) is 2.88. The second kappa shape index (κ2) is 6.84. The Morgan fingerprint density at radius 2 is 1.05 bits per heavy atom. The van der Waals surface area contributed by atoms with E-state index in [0.717, 1.165) is 6.25 Å². The average Bonchev–Trinajstić information content (AvgIpc) is 2.47. The topological polar surface area (TPSA) is 52.6 Å². The van der Waals surface area contributed by atoms with E-state index < -0.39 is 34.0 Å². The minimum atomic E-state index is -4.46. The molecule has 0 aliphatic carbocycles. The summed E-state index contributed by atoms with van der Waals surface area (Å²) in [7, 11) is 0. The Labute approximate surface area is 129 Å². The van der Waals surface area contributed by atoms with Crippen LogP contribution in [-0.2, 0) is 15.0 Å². The van der Waals surface area contributed by atoms with Gasteiger partial charge in [-0.3, -0.25) is 0 Å². The summed E-state index contributed by atoms with van der Waals surface area (Å²) in [5.41, 5.74) is 0. The van der Waals surface area contributed by atoms with Crippen LogP contribution in [0.1, 0.15) is 13.8 Å². The second-order valence-electron chi connectivity index (χ2n) is 4.54. The first kappa shape index (κ1) is 15.7. The van der Waals surface area contributed by atoms with Crippen LogP contribution in [0.5, 0.6) is 0 Å². The van der Waals surface area contributed by atoms with Crippen molar-refractivity contribution in [2.24, 2.45) is 0 Å². The number of hydrogen-bond acceptors (Lipinski definition) is 4. The Hall–Kier alpha value is -1.70. The van der Waals surface area contributed by atoms with E-state index in [1.165, 1.54) is 13.8 Å². The molecule has 0 spiro atoms. The van der Waals surface area contributed by atoms with Crippen molar-refractivity contribution in [1.82, 2.24) is 0 Å².